The molecule has 0 radical (unpaired) electrons. The lowest BCUT2D eigenvalue weighted by atomic mass is 10.2. The Hall–Kier alpha value is -2.54. The van der Waals surface area contributed by atoms with E-state index in [-0.39, 0.29) is 20.4 Å². The van der Waals surface area contributed by atoms with Gasteiger partial charge in [0.25, 0.3) is 10.6 Å². The Morgan fingerprint density at radius 2 is 1.61 bits per heavy atom. The van der Waals surface area contributed by atoms with E-state index in [1.54, 1.807) is 0 Å². The number of carboxylic acid groups (broad SMARTS) is 2. The predicted molar refractivity (Wildman–Crippen MR) is 102 cm³/mol. The molecule has 2 aromatic rings. The van der Waals surface area contributed by atoms with Crippen LogP contribution in [0, 0.1) is 20.2 Å². The van der Waals surface area contributed by atoms with Crippen molar-refractivity contribution < 1.29 is 29.6 Å². The zero-order chi connectivity index (χ0) is 21.2. The van der Waals surface area contributed by atoms with Gasteiger partial charge in [0.2, 0.25) is 9.14 Å². The number of rotatable bonds is 7. The first kappa shape index (κ1) is 21.8. The van der Waals surface area contributed by atoms with Crippen molar-refractivity contribution in [1.29, 1.82) is 0 Å². The van der Waals surface area contributed by atoms with Crippen molar-refractivity contribution in [3.05, 3.63) is 66.7 Å². The molecule has 0 saturated carbocycles. The summed E-state index contributed by atoms with van der Waals surface area (Å²) in [5, 5.41) is 40.2. The van der Waals surface area contributed by atoms with Crippen LogP contribution in [0.15, 0.2) is 40.1 Å². The first-order chi connectivity index (χ1) is 13.0. The lowest BCUT2D eigenvalue weighted by molar-refractivity contribution is -0.388. The predicted octanol–water partition coefficient (Wildman–Crippen LogP) is 4.39. The van der Waals surface area contributed by atoms with Crippen molar-refractivity contribution >= 4 is 65.5 Å². The number of nitro benzene ring substituents is 2. The highest BCUT2D eigenvalue weighted by atomic mass is 35.8. The Kier molecular flexibility index (Phi) is 6.72. The van der Waals surface area contributed by atoms with Crippen LogP contribution < -0.4 is 0 Å². The van der Waals surface area contributed by atoms with Gasteiger partial charge in [-0.3, -0.25) is 20.2 Å². The first-order valence-electron chi connectivity index (χ1n) is 6.84. The van der Waals surface area contributed by atoms with Gasteiger partial charge < -0.3 is 10.2 Å². The molecular weight excluding hydrogens is 459 g/mol. The van der Waals surface area contributed by atoms with Gasteiger partial charge in [0.1, 0.15) is 4.90 Å². The van der Waals surface area contributed by atoms with E-state index in [2.05, 4.69) is 0 Å². The molecule has 1 atom stereocenters. The van der Waals surface area contributed by atoms with Gasteiger partial charge in [-0.05, 0) is 12.1 Å². The zero-order valence-corrected chi connectivity index (χ0v) is 16.3. The molecule has 2 N–H and O–H groups in total. The van der Waals surface area contributed by atoms with Crippen LogP contribution in [0.5, 0.6) is 0 Å². The number of nitrogens with zero attached hydrogens (tertiary/aromatic N) is 2. The highest BCUT2D eigenvalue weighted by Crippen LogP contribution is 2.44. The Bertz CT molecular complexity index is 1020. The minimum absolute atomic E-state index is 0.0268. The third-order valence-corrected chi connectivity index (χ3v) is 7.45. The maximum absolute atomic E-state index is 11.3. The summed E-state index contributed by atoms with van der Waals surface area (Å²) >= 11 is 5.85. The molecule has 0 aromatic heterocycles. The molecule has 2 rings (SSSR count). The molecule has 0 amide bonds. The number of carbonyl (C=O) groups is 2. The van der Waals surface area contributed by atoms with Crippen molar-refractivity contribution in [3.8, 4) is 0 Å². The summed E-state index contributed by atoms with van der Waals surface area (Å²) in [5.41, 5.74) is -1.96. The second-order valence-electron chi connectivity index (χ2n) is 4.91. The van der Waals surface area contributed by atoms with Crippen molar-refractivity contribution in [2.75, 3.05) is 0 Å². The lowest BCUT2D eigenvalue weighted by Gasteiger charge is -2.04. The van der Waals surface area contributed by atoms with Crippen LogP contribution in [-0.4, -0.2) is 32.0 Å². The first-order valence-corrected chi connectivity index (χ1v) is 10.6. The topological polar surface area (TPSA) is 161 Å². The van der Waals surface area contributed by atoms with E-state index in [0.29, 0.717) is 10.8 Å². The summed E-state index contributed by atoms with van der Waals surface area (Å²) in [6, 6.07) is 4.90. The van der Waals surface area contributed by atoms with Gasteiger partial charge in [-0.2, -0.15) is 0 Å². The van der Waals surface area contributed by atoms with Crippen molar-refractivity contribution in [2.45, 2.75) is 9.79 Å². The fourth-order valence-corrected chi connectivity index (χ4v) is 5.92. The molecule has 1 unspecified atom stereocenters. The maximum atomic E-state index is 11.3. The van der Waals surface area contributed by atoms with Gasteiger partial charge in [0, 0.05) is 18.2 Å². The number of hydrogen-bond acceptors (Lipinski definition) is 7. The SMILES string of the molecule is O=C(O)c1ccc(S[S+](Cl)c2cc(Cl)c(C(=O)O)cc2[N+](=O)[O-])c([N+](=O)[O-])c1. The van der Waals surface area contributed by atoms with E-state index in [1.165, 1.54) is 0 Å². The number of carboxylic acids is 2. The minimum atomic E-state index is -1.57. The third kappa shape index (κ3) is 4.65. The van der Waals surface area contributed by atoms with Crippen LogP contribution >= 0.6 is 33.1 Å². The second kappa shape index (κ2) is 8.65. The molecule has 0 bridgehead atoms. The van der Waals surface area contributed by atoms with Crippen molar-refractivity contribution in [2.24, 2.45) is 0 Å². The molecule has 0 aliphatic rings. The van der Waals surface area contributed by atoms with Crippen LogP contribution in [0.25, 0.3) is 0 Å². The van der Waals surface area contributed by atoms with Crippen LogP contribution in [0.1, 0.15) is 20.7 Å². The van der Waals surface area contributed by atoms with E-state index in [0.717, 1.165) is 30.3 Å². The van der Waals surface area contributed by atoms with Crippen molar-refractivity contribution in [1.82, 2.24) is 0 Å². The molecule has 14 heteroatoms. The Balaban J connectivity index is 2.51. The summed E-state index contributed by atoms with van der Waals surface area (Å²) in [6.45, 7) is 0. The van der Waals surface area contributed by atoms with Crippen molar-refractivity contribution in [3.63, 3.8) is 0 Å². The Morgan fingerprint density at radius 3 is 2.11 bits per heavy atom. The Morgan fingerprint density at radius 1 is 1.00 bits per heavy atom. The van der Waals surface area contributed by atoms with E-state index >= 15 is 0 Å². The van der Waals surface area contributed by atoms with Gasteiger partial charge in [-0.15, -0.1) is 0 Å². The maximum Gasteiger partial charge on any atom is 0.337 e. The molecule has 146 valence electrons. The summed E-state index contributed by atoms with van der Waals surface area (Å²) in [6.07, 6.45) is 0. The van der Waals surface area contributed by atoms with Crippen LogP contribution in [-0.2, 0) is 9.14 Å². The quantitative estimate of drug-likeness (QED) is 0.261. The van der Waals surface area contributed by atoms with E-state index in [9.17, 15) is 29.8 Å². The average molecular weight is 466 g/mol. The molecule has 2 aromatic carbocycles. The standard InChI is InChI=1S/C14H6Cl2N2O8S2/c15-8-5-12(10(18(25)26)4-7(8)14(21)22)28(16)27-11-2-1-6(13(19)20)3-9(11)17(23)24/h1-5H,(H-,19,20,21,22)/p+1. The van der Waals surface area contributed by atoms with Gasteiger partial charge in [-0.1, -0.05) is 11.6 Å². The van der Waals surface area contributed by atoms with Gasteiger partial charge in [-0.25, -0.2) is 9.59 Å². The van der Waals surface area contributed by atoms with Gasteiger partial charge in [0.05, 0.1) is 26.0 Å². The average Bonchev–Trinajstić information content (AvgIpc) is 2.60. The molecule has 0 spiro atoms. The molecule has 0 aliphatic heterocycles. The van der Waals surface area contributed by atoms with E-state index in [4.69, 9.17) is 32.5 Å². The number of benzene rings is 2. The summed E-state index contributed by atoms with van der Waals surface area (Å²) in [7, 11) is 5.31. The van der Waals surface area contributed by atoms with Gasteiger partial charge >= 0.3 is 17.6 Å². The van der Waals surface area contributed by atoms with Crippen LogP contribution in [0.3, 0.4) is 0 Å². The molecule has 28 heavy (non-hydrogen) atoms. The van der Waals surface area contributed by atoms with Gasteiger partial charge in [0.15, 0.2) is 21.5 Å². The monoisotopic (exact) mass is 465 g/mol. The molecular formula is C14H7Cl2N2O8S2+. The fourth-order valence-electron chi connectivity index (χ4n) is 1.97. The highest BCUT2D eigenvalue weighted by Gasteiger charge is 2.37. The normalized spacial score (nSPS) is 11.6. The summed E-state index contributed by atoms with van der Waals surface area (Å²) in [5.74, 6) is -2.84. The largest absolute Gasteiger partial charge is 0.478 e. The molecule has 0 fully saturated rings. The van der Waals surface area contributed by atoms with E-state index in [1.807, 2.05) is 0 Å². The number of nitro groups is 2. The molecule has 0 heterocycles. The molecule has 0 saturated heterocycles. The number of aromatic carboxylic acids is 2. The zero-order valence-electron chi connectivity index (χ0n) is 13.2. The fraction of sp³-hybridized carbons (Fsp3) is 0. The smallest absolute Gasteiger partial charge is 0.337 e. The second-order valence-corrected chi connectivity index (χ2v) is 9.79. The number of hydrogen-bond donors (Lipinski definition) is 2. The molecule has 0 aliphatic carbocycles. The third-order valence-electron chi connectivity index (χ3n) is 3.21. The number of halogens is 2. The lowest BCUT2D eigenvalue weighted by Crippen LogP contribution is -2.04. The minimum Gasteiger partial charge on any atom is -0.478 e. The Labute approximate surface area is 171 Å². The summed E-state index contributed by atoms with van der Waals surface area (Å²) in [4.78, 5) is 42.8. The van der Waals surface area contributed by atoms with Crippen LogP contribution in [0.4, 0.5) is 11.4 Å². The van der Waals surface area contributed by atoms with Crippen LogP contribution in [0.2, 0.25) is 5.02 Å². The molecule has 10 nitrogen and oxygen atoms in total. The van der Waals surface area contributed by atoms with E-state index < -0.39 is 47.9 Å². The summed E-state index contributed by atoms with van der Waals surface area (Å²) < 4.78 is 0. The highest BCUT2D eigenvalue weighted by molar-refractivity contribution is 8.82.